The molecule has 2 fully saturated rings. The monoisotopic (exact) mass is 332 g/mol. The standard InChI is InChI=1S/C16H24N6O2/c1-3-13-18-12(2)10-14(19-13)21-8-6-20(7-9-21)11-15(23)22-5-4-17-16(22)24/h10H,3-9,11H2,1-2H3,(H,17,24). The fourth-order valence-corrected chi connectivity index (χ4v) is 3.05. The molecule has 0 unspecified atom stereocenters. The number of hydrogen-bond donors (Lipinski definition) is 1. The van der Waals surface area contributed by atoms with E-state index in [1.54, 1.807) is 0 Å². The van der Waals surface area contributed by atoms with Gasteiger partial charge in [0.1, 0.15) is 11.6 Å². The molecule has 1 aromatic rings. The van der Waals surface area contributed by atoms with Crippen molar-refractivity contribution in [2.24, 2.45) is 0 Å². The summed E-state index contributed by atoms with van der Waals surface area (Å²) in [5.74, 6) is 1.71. The molecule has 3 amide bonds. The first-order valence-electron chi connectivity index (χ1n) is 8.47. The summed E-state index contributed by atoms with van der Waals surface area (Å²) in [5, 5.41) is 2.66. The van der Waals surface area contributed by atoms with Gasteiger partial charge >= 0.3 is 6.03 Å². The van der Waals surface area contributed by atoms with Crippen molar-refractivity contribution in [3.8, 4) is 0 Å². The van der Waals surface area contributed by atoms with Crippen molar-refractivity contribution in [1.82, 2.24) is 25.1 Å². The Morgan fingerprint density at radius 3 is 2.58 bits per heavy atom. The van der Waals surface area contributed by atoms with Crippen LogP contribution in [-0.2, 0) is 11.2 Å². The first kappa shape index (κ1) is 16.6. The summed E-state index contributed by atoms with van der Waals surface area (Å²) in [6.07, 6.45) is 0.820. The van der Waals surface area contributed by atoms with Crippen LogP contribution in [0.1, 0.15) is 18.4 Å². The van der Waals surface area contributed by atoms with Gasteiger partial charge in [-0.2, -0.15) is 0 Å². The Kier molecular flexibility index (Phi) is 4.94. The van der Waals surface area contributed by atoms with E-state index < -0.39 is 0 Å². The van der Waals surface area contributed by atoms with E-state index in [9.17, 15) is 9.59 Å². The van der Waals surface area contributed by atoms with Gasteiger partial charge in [-0.3, -0.25) is 14.6 Å². The van der Waals surface area contributed by atoms with E-state index in [4.69, 9.17) is 0 Å². The fraction of sp³-hybridized carbons (Fsp3) is 0.625. The summed E-state index contributed by atoms with van der Waals surface area (Å²) in [6, 6.07) is 1.73. The third-order valence-corrected chi connectivity index (χ3v) is 4.42. The molecule has 0 spiro atoms. The van der Waals surface area contributed by atoms with Crippen molar-refractivity contribution in [3.63, 3.8) is 0 Å². The Labute approximate surface area is 141 Å². The van der Waals surface area contributed by atoms with Crippen molar-refractivity contribution in [2.75, 3.05) is 50.7 Å². The van der Waals surface area contributed by atoms with Gasteiger partial charge < -0.3 is 10.2 Å². The molecular formula is C16H24N6O2. The third kappa shape index (κ3) is 3.64. The molecule has 1 aromatic heterocycles. The van der Waals surface area contributed by atoms with E-state index in [0.717, 1.165) is 49.9 Å². The number of carbonyl (C=O) groups excluding carboxylic acids is 2. The molecule has 1 N–H and O–H groups in total. The maximum Gasteiger partial charge on any atom is 0.324 e. The van der Waals surface area contributed by atoms with Crippen LogP contribution < -0.4 is 10.2 Å². The molecule has 2 aliphatic rings. The molecular weight excluding hydrogens is 308 g/mol. The number of nitrogens with zero attached hydrogens (tertiary/aromatic N) is 5. The zero-order valence-electron chi connectivity index (χ0n) is 14.3. The van der Waals surface area contributed by atoms with Gasteiger partial charge in [0.15, 0.2) is 0 Å². The van der Waals surface area contributed by atoms with E-state index in [2.05, 4.69) is 32.0 Å². The van der Waals surface area contributed by atoms with Gasteiger partial charge in [0.25, 0.3) is 0 Å². The molecule has 8 heteroatoms. The lowest BCUT2D eigenvalue weighted by Gasteiger charge is -2.35. The van der Waals surface area contributed by atoms with Gasteiger partial charge in [-0.1, -0.05) is 6.92 Å². The van der Waals surface area contributed by atoms with E-state index in [1.165, 1.54) is 4.90 Å². The minimum Gasteiger partial charge on any atom is -0.354 e. The molecule has 0 radical (unpaired) electrons. The number of imide groups is 1. The first-order chi connectivity index (χ1) is 11.6. The number of carbonyl (C=O) groups is 2. The van der Waals surface area contributed by atoms with Gasteiger partial charge in [-0.25, -0.2) is 14.8 Å². The molecule has 0 aromatic carbocycles. The van der Waals surface area contributed by atoms with Crippen LogP contribution in [0.2, 0.25) is 0 Å². The number of piperazine rings is 1. The van der Waals surface area contributed by atoms with E-state index in [1.807, 2.05) is 13.0 Å². The number of nitrogens with one attached hydrogen (secondary N) is 1. The summed E-state index contributed by atoms with van der Waals surface area (Å²) in [7, 11) is 0. The topological polar surface area (TPSA) is 81.7 Å². The largest absolute Gasteiger partial charge is 0.354 e. The van der Waals surface area contributed by atoms with Crippen LogP contribution in [0, 0.1) is 6.92 Å². The van der Waals surface area contributed by atoms with Gasteiger partial charge in [-0.15, -0.1) is 0 Å². The SMILES string of the molecule is CCc1nc(C)cc(N2CCN(CC(=O)N3CCNC3=O)CC2)n1. The summed E-state index contributed by atoms with van der Waals surface area (Å²) in [5.41, 5.74) is 0.981. The van der Waals surface area contributed by atoms with Crippen molar-refractivity contribution in [1.29, 1.82) is 0 Å². The average molecular weight is 332 g/mol. The van der Waals surface area contributed by atoms with Crippen LogP contribution in [0.15, 0.2) is 6.07 Å². The number of rotatable bonds is 4. The van der Waals surface area contributed by atoms with Crippen LogP contribution in [0.25, 0.3) is 0 Å². The number of urea groups is 1. The van der Waals surface area contributed by atoms with Crippen LogP contribution in [0.5, 0.6) is 0 Å². The van der Waals surface area contributed by atoms with Crippen molar-refractivity contribution in [2.45, 2.75) is 20.3 Å². The molecule has 2 aliphatic heterocycles. The van der Waals surface area contributed by atoms with Gasteiger partial charge in [0, 0.05) is 57.4 Å². The quantitative estimate of drug-likeness (QED) is 0.837. The van der Waals surface area contributed by atoms with Crippen LogP contribution in [0.3, 0.4) is 0 Å². The predicted octanol–water partition coefficient (Wildman–Crippen LogP) is 0.0212. The Balaban J connectivity index is 1.55. The third-order valence-electron chi connectivity index (χ3n) is 4.42. The zero-order chi connectivity index (χ0) is 17.1. The molecule has 0 aliphatic carbocycles. The number of amides is 3. The molecule has 130 valence electrons. The molecule has 3 rings (SSSR count). The lowest BCUT2D eigenvalue weighted by Crippen LogP contribution is -2.50. The summed E-state index contributed by atoms with van der Waals surface area (Å²) in [6.45, 7) is 8.56. The molecule has 0 atom stereocenters. The Morgan fingerprint density at radius 2 is 1.96 bits per heavy atom. The highest BCUT2D eigenvalue weighted by atomic mass is 16.2. The summed E-state index contributed by atoms with van der Waals surface area (Å²) in [4.78, 5) is 38.4. The van der Waals surface area contributed by atoms with Crippen LogP contribution in [0.4, 0.5) is 10.6 Å². The second kappa shape index (κ2) is 7.12. The van der Waals surface area contributed by atoms with Crippen molar-refractivity contribution >= 4 is 17.8 Å². The normalized spacial score (nSPS) is 18.8. The number of aromatic nitrogens is 2. The second-order valence-electron chi connectivity index (χ2n) is 6.18. The van der Waals surface area contributed by atoms with Crippen molar-refractivity contribution < 1.29 is 9.59 Å². The highest BCUT2D eigenvalue weighted by molar-refractivity contribution is 5.96. The summed E-state index contributed by atoms with van der Waals surface area (Å²) >= 11 is 0. The number of hydrogen-bond acceptors (Lipinski definition) is 6. The minimum absolute atomic E-state index is 0.121. The fourth-order valence-electron chi connectivity index (χ4n) is 3.05. The smallest absolute Gasteiger partial charge is 0.324 e. The van der Waals surface area contributed by atoms with E-state index in [-0.39, 0.29) is 11.9 Å². The first-order valence-corrected chi connectivity index (χ1v) is 8.47. The molecule has 8 nitrogen and oxygen atoms in total. The van der Waals surface area contributed by atoms with Gasteiger partial charge in [0.2, 0.25) is 5.91 Å². The molecule has 2 saturated heterocycles. The number of anilines is 1. The lowest BCUT2D eigenvalue weighted by molar-refractivity contribution is -0.128. The van der Waals surface area contributed by atoms with E-state index >= 15 is 0 Å². The molecule has 0 saturated carbocycles. The lowest BCUT2D eigenvalue weighted by atomic mass is 10.3. The highest BCUT2D eigenvalue weighted by Gasteiger charge is 2.28. The zero-order valence-corrected chi connectivity index (χ0v) is 14.3. The van der Waals surface area contributed by atoms with Crippen molar-refractivity contribution in [3.05, 3.63) is 17.6 Å². The molecule has 3 heterocycles. The highest BCUT2D eigenvalue weighted by Crippen LogP contribution is 2.15. The van der Waals surface area contributed by atoms with Gasteiger partial charge in [0.05, 0.1) is 6.54 Å². The summed E-state index contributed by atoms with van der Waals surface area (Å²) < 4.78 is 0. The van der Waals surface area contributed by atoms with E-state index in [0.29, 0.717) is 19.6 Å². The predicted molar refractivity (Wildman–Crippen MR) is 89.9 cm³/mol. The maximum atomic E-state index is 12.2. The Hall–Kier alpha value is -2.22. The minimum atomic E-state index is -0.276. The average Bonchev–Trinajstić information content (AvgIpc) is 3.01. The number of aryl methyl sites for hydroxylation is 2. The second-order valence-corrected chi connectivity index (χ2v) is 6.18. The van der Waals surface area contributed by atoms with Crippen LogP contribution in [-0.4, -0.2) is 77.5 Å². The maximum absolute atomic E-state index is 12.2. The van der Waals surface area contributed by atoms with Gasteiger partial charge in [-0.05, 0) is 6.92 Å². The molecule has 0 bridgehead atoms. The van der Waals surface area contributed by atoms with Crippen LogP contribution >= 0.6 is 0 Å². The Morgan fingerprint density at radius 1 is 1.21 bits per heavy atom. The molecule has 24 heavy (non-hydrogen) atoms. The Bertz CT molecular complexity index is 627.